The summed E-state index contributed by atoms with van der Waals surface area (Å²) in [4.78, 5) is 24.8. The highest BCUT2D eigenvalue weighted by atomic mass is 16.5. The van der Waals surface area contributed by atoms with Gasteiger partial charge in [0.1, 0.15) is 0 Å². The standard InChI is InChI=1S/C31H44N4O3/c1-33-18-12-25(13-19-33)23-30(36)34-20-14-27(15-21-34)35-17-6-2-3-7-22-37-28-10-4-5-11-29(28)38-31-26(24-35)9-8-16-32-31/h4-5,8-11,16,25,27H,2-3,6-7,12-15,17-24H2,1H3. The Bertz CT molecular complexity index is 1030. The van der Waals surface area contributed by atoms with Crippen molar-refractivity contribution in [2.24, 2.45) is 5.92 Å². The lowest BCUT2D eigenvalue weighted by molar-refractivity contribution is -0.134. The number of piperidine rings is 2. The molecule has 0 radical (unpaired) electrons. The summed E-state index contributed by atoms with van der Waals surface area (Å²) in [5, 5.41) is 0. The van der Waals surface area contributed by atoms with Crippen LogP contribution in [0.3, 0.4) is 0 Å². The maximum atomic E-state index is 13.1. The molecule has 206 valence electrons. The maximum absolute atomic E-state index is 13.1. The zero-order valence-electron chi connectivity index (χ0n) is 23.0. The van der Waals surface area contributed by atoms with E-state index in [2.05, 4.69) is 32.8 Å². The number of amides is 1. The number of hydrogen-bond donors (Lipinski definition) is 0. The lowest BCUT2D eigenvalue weighted by atomic mass is 9.92. The van der Waals surface area contributed by atoms with Crippen LogP contribution in [0, 0.1) is 5.92 Å². The van der Waals surface area contributed by atoms with Crippen molar-refractivity contribution >= 4 is 5.91 Å². The third kappa shape index (κ3) is 7.26. The average Bonchev–Trinajstić information content (AvgIpc) is 2.94. The van der Waals surface area contributed by atoms with Gasteiger partial charge in [-0.05, 0) is 89.3 Å². The van der Waals surface area contributed by atoms with Crippen LogP contribution in [0.2, 0.25) is 0 Å². The van der Waals surface area contributed by atoms with Crippen LogP contribution in [0.15, 0.2) is 42.6 Å². The molecule has 38 heavy (non-hydrogen) atoms. The van der Waals surface area contributed by atoms with Gasteiger partial charge in [-0.25, -0.2) is 4.98 Å². The van der Waals surface area contributed by atoms with Crippen LogP contribution in [0.4, 0.5) is 0 Å². The molecule has 2 aromatic rings. The number of carbonyl (C=O) groups excluding carboxylic acids is 1. The van der Waals surface area contributed by atoms with Gasteiger partial charge in [-0.1, -0.05) is 31.0 Å². The second kappa shape index (κ2) is 13.4. The first kappa shape index (κ1) is 26.9. The molecule has 3 aliphatic rings. The van der Waals surface area contributed by atoms with E-state index in [-0.39, 0.29) is 0 Å². The molecule has 1 aromatic heterocycles. The minimum atomic E-state index is 0.364. The zero-order valence-corrected chi connectivity index (χ0v) is 23.0. The van der Waals surface area contributed by atoms with E-state index in [0.29, 0.717) is 36.1 Å². The van der Waals surface area contributed by atoms with Crippen LogP contribution < -0.4 is 9.47 Å². The highest BCUT2D eigenvalue weighted by Crippen LogP contribution is 2.33. The molecule has 4 heterocycles. The van der Waals surface area contributed by atoms with Gasteiger partial charge in [0.15, 0.2) is 11.5 Å². The third-order valence-electron chi connectivity index (χ3n) is 8.51. The molecular weight excluding hydrogens is 476 g/mol. The molecule has 0 saturated carbocycles. The number of ether oxygens (including phenoxy) is 2. The number of likely N-dealkylation sites (tertiary alicyclic amines) is 2. The van der Waals surface area contributed by atoms with E-state index in [0.717, 1.165) is 89.1 Å². The summed E-state index contributed by atoms with van der Waals surface area (Å²) in [5.74, 6) is 3.06. The molecule has 2 fully saturated rings. The number of pyridine rings is 1. The average molecular weight is 521 g/mol. The van der Waals surface area contributed by atoms with Crippen LogP contribution in [0.5, 0.6) is 17.4 Å². The Balaban J connectivity index is 1.24. The monoisotopic (exact) mass is 520 g/mol. The van der Waals surface area contributed by atoms with Gasteiger partial charge < -0.3 is 19.3 Å². The molecule has 5 rings (SSSR count). The summed E-state index contributed by atoms with van der Waals surface area (Å²) < 4.78 is 12.4. The van der Waals surface area contributed by atoms with E-state index in [1.54, 1.807) is 6.20 Å². The lowest BCUT2D eigenvalue weighted by Gasteiger charge is -2.39. The number of rotatable bonds is 3. The van der Waals surface area contributed by atoms with Crippen molar-refractivity contribution < 1.29 is 14.3 Å². The normalized spacial score (nSPS) is 21.4. The van der Waals surface area contributed by atoms with Crippen molar-refractivity contribution in [1.82, 2.24) is 19.7 Å². The molecule has 0 spiro atoms. The first-order valence-corrected chi connectivity index (χ1v) is 14.7. The largest absolute Gasteiger partial charge is 0.490 e. The molecule has 1 aromatic carbocycles. The number of para-hydroxylation sites is 2. The molecule has 1 amide bonds. The van der Waals surface area contributed by atoms with Crippen molar-refractivity contribution in [2.75, 3.05) is 46.4 Å². The van der Waals surface area contributed by atoms with E-state index in [9.17, 15) is 4.79 Å². The van der Waals surface area contributed by atoms with Crippen LogP contribution in [0.1, 0.15) is 63.4 Å². The first-order valence-electron chi connectivity index (χ1n) is 14.7. The highest BCUT2D eigenvalue weighted by molar-refractivity contribution is 5.76. The van der Waals surface area contributed by atoms with E-state index >= 15 is 0 Å². The SMILES string of the molecule is CN1CCC(CC(=O)N2CCC(N3CCCCCCOc4ccccc4Oc4ncccc4C3)CC2)CC1. The first-order chi connectivity index (χ1) is 18.7. The number of fused-ring (bicyclic) bond motifs is 2. The summed E-state index contributed by atoms with van der Waals surface area (Å²) in [5.41, 5.74) is 1.10. The second-order valence-corrected chi connectivity index (χ2v) is 11.3. The van der Waals surface area contributed by atoms with Gasteiger partial charge in [0, 0.05) is 43.9 Å². The number of carbonyl (C=O) groups is 1. The number of aromatic nitrogens is 1. The molecule has 0 N–H and O–H groups in total. The minimum Gasteiger partial charge on any atom is -0.490 e. The van der Waals surface area contributed by atoms with Crippen molar-refractivity contribution in [2.45, 2.75) is 70.4 Å². The third-order valence-corrected chi connectivity index (χ3v) is 8.51. The fraction of sp³-hybridized carbons (Fsp3) is 0.613. The topological polar surface area (TPSA) is 58.1 Å². The summed E-state index contributed by atoms with van der Waals surface area (Å²) in [6.07, 6.45) is 11.5. The van der Waals surface area contributed by atoms with Gasteiger partial charge in [0.05, 0.1) is 6.61 Å². The Morgan fingerprint density at radius 2 is 1.66 bits per heavy atom. The van der Waals surface area contributed by atoms with E-state index in [1.807, 2.05) is 30.3 Å². The number of nitrogens with zero attached hydrogens (tertiary/aromatic N) is 4. The summed E-state index contributed by atoms with van der Waals surface area (Å²) in [6.45, 7) is 6.53. The van der Waals surface area contributed by atoms with Gasteiger partial charge in [0.25, 0.3) is 0 Å². The van der Waals surface area contributed by atoms with Gasteiger partial charge in [-0.2, -0.15) is 0 Å². The van der Waals surface area contributed by atoms with Crippen LogP contribution in [-0.2, 0) is 11.3 Å². The molecule has 3 aliphatic heterocycles. The molecule has 0 atom stereocenters. The van der Waals surface area contributed by atoms with E-state index in [4.69, 9.17) is 9.47 Å². The predicted molar refractivity (Wildman–Crippen MR) is 150 cm³/mol. The van der Waals surface area contributed by atoms with Crippen molar-refractivity contribution in [3.05, 3.63) is 48.2 Å². The highest BCUT2D eigenvalue weighted by Gasteiger charge is 2.29. The Labute approximate surface area is 228 Å². The van der Waals surface area contributed by atoms with Gasteiger partial charge in [-0.15, -0.1) is 0 Å². The summed E-state index contributed by atoms with van der Waals surface area (Å²) in [6, 6.07) is 12.5. The van der Waals surface area contributed by atoms with Crippen molar-refractivity contribution in [1.29, 1.82) is 0 Å². The summed E-state index contributed by atoms with van der Waals surface area (Å²) in [7, 11) is 2.18. The maximum Gasteiger partial charge on any atom is 0.223 e. The lowest BCUT2D eigenvalue weighted by Crippen LogP contribution is -2.47. The molecule has 0 aliphatic carbocycles. The molecule has 2 saturated heterocycles. The van der Waals surface area contributed by atoms with Crippen molar-refractivity contribution in [3.63, 3.8) is 0 Å². The predicted octanol–water partition coefficient (Wildman–Crippen LogP) is 5.35. The second-order valence-electron chi connectivity index (χ2n) is 11.3. The number of hydrogen-bond acceptors (Lipinski definition) is 6. The fourth-order valence-electron chi connectivity index (χ4n) is 6.08. The van der Waals surface area contributed by atoms with Gasteiger partial charge >= 0.3 is 0 Å². The molecule has 7 nitrogen and oxygen atoms in total. The van der Waals surface area contributed by atoms with E-state index in [1.165, 1.54) is 19.3 Å². The Hall–Kier alpha value is -2.64. The smallest absolute Gasteiger partial charge is 0.223 e. The van der Waals surface area contributed by atoms with Crippen LogP contribution >= 0.6 is 0 Å². The number of benzene rings is 1. The summed E-state index contributed by atoms with van der Waals surface area (Å²) >= 11 is 0. The van der Waals surface area contributed by atoms with Crippen LogP contribution in [0.25, 0.3) is 0 Å². The van der Waals surface area contributed by atoms with E-state index < -0.39 is 0 Å². The minimum absolute atomic E-state index is 0.364. The molecular formula is C31H44N4O3. The zero-order chi connectivity index (χ0) is 26.2. The van der Waals surface area contributed by atoms with Gasteiger partial charge in [-0.3, -0.25) is 9.69 Å². The fourth-order valence-corrected chi connectivity index (χ4v) is 6.08. The molecule has 0 bridgehead atoms. The Morgan fingerprint density at radius 1 is 0.895 bits per heavy atom. The van der Waals surface area contributed by atoms with Gasteiger partial charge in [0.2, 0.25) is 11.8 Å². The van der Waals surface area contributed by atoms with Crippen molar-refractivity contribution in [3.8, 4) is 17.4 Å². The van der Waals surface area contributed by atoms with Crippen LogP contribution in [-0.4, -0.2) is 78.0 Å². The Morgan fingerprint density at radius 3 is 2.47 bits per heavy atom. The molecule has 7 heteroatoms. The Kier molecular flexibility index (Phi) is 9.52. The molecule has 0 unspecified atom stereocenters. The quantitative estimate of drug-likeness (QED) is 0.544.